The summed E-state index contributed by atoms with van der Waals surface area (Å²) < 4.78 is 33.1. The predicted octanol–water partition coefficient (Wildman–Crippen LogP) is 0.0923. The zero-order chi connectivity index (χ0) is 12.9. The summed E-state index contributed by atoms with van der Waals surface area (Å²) in [6.45, 7) is 5.93. The fourth-order valence-electron chi connectivity index (χ4n) is 1.61. The van der Waals surface area contributed by atoms with Gasteiger partial charge in [0.15, 0.2) is 0 Å². The van der Waals surface area contributed by atoms with E-state index in [0.717, 1.165) is 12.8 Å². The molecule has 0 spiro atoms. The molecule has 1 aliphatic heterocycles. The first kappa shape index (κ1) is 18.1. The molecule has 3 N–H and O–H groups in total. The van der Waals surface area contributed by atoms with Crippen LogP contribution in [0.3, 0.4) is 0 Å². The van der Waals surface area contributed by atoms with Gasteiger partial charge in [0.1, 0.15) is 0 Å². The summed E-state index contributed by atoms with van der Waals surface area (Å²) in [5.74, 6) is 0. The topological polar surface area (TPSA) is 84.7 Å². The lowest BCUT2D eigenvalue weighted by atomic mass is 9.95. The minimum absolute atomic E-state index is 0. The first-order chi connectivity index (χ1) is 7.93. The Morgan fingerprint density at radius 3 is 2.22 bits per heavy atom. The summed E-state index contributed by atoms with van der Waals surface area (Å²) in [4.78, 5) is 0. The van der Waals surface area contributed by atoms with Crippen LogP contribution in [0.2, 0.25) is 0 Å². The summed E-state index contributed by atoms with van der Waals surface area (Å²) in [5.41, 5.74) is 5.60. The number of ether oxygens (including phenoxy) is 1. The van der Waals surface area contributed by atoms with E-state index in [-0.39, 0.29) is 19.0 Å². The maximum atomic E-state index is 12.0. The molecule has 1 heterocycles. The zero-order valence-electron chi connectivity index (χ0n) is 11.0. The average molecular weight is 302 g/mol. The molecular formula is C10H24ClN3O3S. The zero-order valence-corrected chi connectivity index (χ0v) is 12.6. The van der Waals surface area contributed by atoms with Crippen LogP contribution in [-0.2, 0) is 14.9 Å². The Kier molecular flexibility index (Phi) is 7.65. The molecule has 6 nitrogen and oxygen atoms in total. The van der Waals surface area contributed by atoms with Gasteiger partial charge in [0, 0.05) is 25.2 Å². The predicted molar refractivity (Wildman–Crippen MR) is 74.1 cm³/mol. The second-order valence-electron chi connectivity index (χ2n) is 4.41. The van der Waals surface area contributed by atoms with Crippen LogP contribution in [0, 0.1) is 0 Å². The Balaban J connectivity index is 0.00000289. The lowest BCUT2D eigenvalue weighted by molar-refractivity contribution is 0.0724. The largest absolute Gasteiger partial charge is 0.379 e. The molecule has 110 valence electrons. The van der Waals surface area contributed by atoms with E-state index < -0.39 is 15.7 Å². The second-order valence-corrected chi connectivity index (χ2v) is 6.16. The molecule has 0 aromatic carbocycles. The van der Waals surface area contributed by atoms with E-state index in [2.05, 4.69) is 4.72 Å². The van der Waals surface area contributed by atoms with Crippen molar-refractivity contribution in [1.82, 2.24) is 9.03 Å². The molecule has 0 atom stereocenters. The van der Waals surface area contributed by atoms with E-state index in [1.807, 2.05) is 13.8 Å². The van der Waals surface area contributed by atoms with Gasteiger partial charge in [-0.3, -0.25) is 0 Å². The highest BCUT2D eigenvalue weighted by molar-refractivity contribution is 7.87. The molecule has 0 aromatic rings. The van der Waals surface area contributed by atoms with Gasteiger partial charge in [0.25, 0.3) is 10.2 Å². The van der Waals surface area contributed by atoms with Gasteiger partial charge in [0.2, 0.25) is 0 Å². The molecular weight excluding hydrogens is 278 g/mol. The van der Waals surface area contributed by atoms with Crippen molar-refractivity contribution in [2.45, 2.75) is 32.2 Å². The van der Waals surface area contributed by atoms with Crippen LogP contribution >= 0.6 is 12.4 Å². The highest BCUT2D eigenvalue weighted by atomic mass is 35.5. The molecule has 0 unspecified atom stereocenters. The molecule has 1 aliphatic rings. The van der Waals surface area contributed by atoms with E-state index in [4.69, 9.17) is 10.5 Å². The normalized spacial score (nSPS) is 18.4. The molecule has 8 heteroatoms. The highest BCUT2D eigenvalue weighted by Gasteiger charge is 2.28. The van der Waals surface area contributed by atoms with Crippen molar-refractivity contribution in [3.63, 3.8) is 0 Å². The summed E-state index contributed by atoms with van der Waals surface area (Å²) in [7, 11) is -3.41. The number of hydrogen-bond donors (Lipinski definition) is 2. The second kappa shape index (κ2) is 7.62. The van der Waals surface area contributed by atoms with Crippen molar-refractivity contribution >= 4 is 22.6 Å². The van der Waals surface area contributed by atoms with E-state index in [9.17, 15) is 8.42 Å². The Hall–Kier alpha value is 0.0800. The third-order valence-electron chi connectivity index (χ3n) is 3.32. The third-order valence-corrected chi connectivity index (χ3v) is 4.88. The quantitative estimate of drug-likeness (QED) is 0.728. The summed E-state index contributed by atoms with van der Waals surface area (Å²) in [6.07, 6.45) is 1.49. The molecule has 0 aliphatic carbocycles. The fraction of sp³-hybridized carbons (Fsp3) is 1.00. The van der Waals surface area contributed by atoms with E-state index in [0.29, 0.717) is 26.3 Å². The van der Waals surface area contributed by atoms with E-state index in [1.54, 1.807) is 0 Å². The number of nitrogens with one attached hydrogen (secondary N) is 1. The molecule has 1 fully saturated rings. The van der Waals surface area contributed by atoms with Gasteiger partial charge in [-0.25, -0.2) is 4.72 Å². The number of rotatable bonds is 6. The highest BCUT2D eigenvalue weighted by Crippen LogP contribution is 2.11. The molecule has 18 heavy (non-hydrogen) atoms. The van der Waals surface area contributed by atoms with Crippen LogP contribution in [0.25, 0.3) is 0 Å². The standard InChI is InChI=1S/C10H23N3O3S.ClH/c1-3-10(11,4-2)9-12-17(14,15)13-5-7-16-8-6-13;/h12H,3-9,11H2,1-2H3;1H. The minimum atomic E-state index is -3.41. The van der Waals surface area contributed by atoms with Crippen molar-refractivity contribution in [2.75, 3.05) is 32.8 Å². The summed E-state index contributed by atoms with van der Waals surface area (Å²) in [6, 6.07) is 0. The van der Waals surface area contributed by atoms with E-state index >= 15 is 0 Å². The van der Waals surface area contributed by atoms with Crippen molar-refractivity contribution < 1.29 is 13.2 Å². The lowest BCUT2D eigenvalue weighted by Gasteiger charge is -2.30. The van der Waals surface area contributed by atoms with E-state index in [1.165, 1.54) is 4.31 Å². The molecule has 0 amide bonds. The maximum Gasteiger partial charge on any atom is 0.279 e. The van der Waals surface area contributed by atoms with Gasteiger partial charge in [-0.2, -0.15) is 12.7 Å². The molecule has 1 rings (SSSR count). The molecule has 0 aromatic heterocycles. The van der Waals surface area contributed by atoms with Gasteiger partial charge in [-0.15, -0.1) is 12.4 Å². The number of halogens is 1. The SMILES string of the molecule is CCC(N)(CC)CNS(=O)(=O)N1CCOCC1.Cl. The van der Waals surface area contributed by atoms with Crippen molar-refractivity contribution in [3.05, 3.63) is 0 Å². The van der Waals surface area contributed by atoms with Crippen LogP contribution in [0.1, 0.15) is 26.7 Å². The minimum Gasteiger partial charge on any atom is -0.379 e. The fourth-order valence-corrected chi connectivity index (χ4v) is 2.90. The monoisotopic (exact) mass is 301 g/mol. The van der Waals surface area contributed by atoms with Gasteiger partial charge < -0.3 is 10.5 Å². The number of nitrogens with zero attached hydrogens (tertiary/aromatic N) is 1. The third kappa shape index (κ3) is 4.99. The molecule has 0 saturated carbocycles. The van der Waals surface area contributed by atoms with Crippen LogP contribution in [0.15, 0.2) is 0 Å². The average Bonchev–Trinajstić information content (AvgIpc) is 2.37. The van der Waals surface area contributed by atoms with Gasteiger partial charge in [-0.1, -0.05) is 13.8 Å². The lowest BCUT2D eigenvalue weighted by Crippen LogP contribution is -2.53. The summed E-state index contributed by atoms with van der Waals surface area (Å²) in [5, 5.41) is 0. The smallest absolute Gasteiger partial charge is 0.279 e. The van der Waals surface area contributed by atoms with Crippen molar-refractivity contribution in [1.29, 1.82) is 0 Å². The number of nitrogens with two attached hydrogens (primary N) is 1. The maximum absolute atomic E-state index is 12.0. The molecule has 0 radical (unpaired) electrons. The van der Waals surface area contributed by atoms with Crippen molar-refractivity contribution in [2.24, 2.45) is 5.73 Å². The van der Waals surface area contributed by atoms with Crippen LogP contribution < -0.4 is 10.5 Å². The van der Waals surface area contributed by atoms with Crippen LogP contribution in [0.4, 0.5) is 0 Å². The first-order valence-corrected chi connectivity index (χ1v) is 7.49. The number of morpholine rings is 1. The Bertz CT molecular complexity index is 327. The first-order valence-electron chi connectivity index (χ1n) is 6.05. The van der Waals surface area contributed by atoms with Gasteiger partial charge in [-0.05, 0) is 12.8 Å². The van der Waals surface area contributed by atoms with Crippen LogP contribution in [-0.4, -0.2) is 51.1 Å². The Labute approximate surface area is 116 Å². The number of hydrogen-bond acceptors (Lipinski definition) is 4. The Morgan fingerprint density at radius 1 is 1.28 bits per heavy atom. The molecule has 1 saturated heterocycles. The van der Waals surface area contributed by atoms with Gasteiger partial charge in [0.05, 0.1) is 13.2 Å². The Morgan fingerprint density at radius 2 is 1.78 bits per heavy atom. The van der Waals surface area contributed by atoms with Crippen LogP contribution in [0.5, 0.6) is 0 Å². The molecule has 0 bridgehead atoms. The van der Waals surface area contributed by atoms with Crippen molar-refractivity contribution in [3.8, 4) is 0 Å². The van der Waals surface area contributed by atoms with Gasteiger partial charge >= 0.3 is 0 Å². The summed E-state index contributed by atoms with van der Waals surface area (Å²) >= 11 is 0.